The van der Waals surface area contributed by atoms with E-state index in [1.165, 1.54) is 4.88 Å². The minimum Gasteiger partial charge on any atom is -0.305 e. The molecule has 1 N–H and O–H groups in total. The molecule has 5 heteroatoms. The summed E-state index contributed by atoms with van der Waals surface area (Å²) in [5.41, 5.74) is 3.91. The van der Waals surface area contributed by atoms with E-state index in [9.17, 15) is 4.79 Å². The topological polar surface area (TPSA) is 50.7 Å². The molecular weight excluding hydrogens is 330 g/mol. The lowest BCUT2D eigenvalue weighted by Gasteiger charge is -2.07. The second-order valence-electron chi connectivity index (χ2n) is 6.90. The summed E-state index contributed by atoms with van der Waals surface area (Å²) in [5.74, 6) is 0.378. The van der Waals surface area contributed by atoms with Gasteiger partial charge >= 0.3 is 5.69 Å². The van der Waals surface area contributed by atoms with Crippen LogP contribution in [0, 0.1) is 0 Å². The lowest BCUT2D eigenvalue weighted by Crippen LogP contribution is -2.18. The third-order valence-electron chi connectivity index (χ3n) is 4.35. The largest absolute Gasteiger partial charge is 0.326 e. The standard InChI is InChI=1S/C20H25N3OS/c1-6-7-11-16-17(12(2)3)21-19(25-16)14-9-8-10-15-18(14)22-20(24)23(15)13(4)5/h6,8-10,12-13H,1,7,11H2,2-5H3,(H,22,24). The Morgan fingerprint density at radius 2 is 2.08 bits per heavy atom. The molecule has 2 heterocycles. The lowest BCUT2D eigenvalue weighted by molar-refractivity contribution is 0.598. The molecule has 0 bridgehead atoms. The van der Waals surface area contributed by atoms with Gasteiger partial charge in [0.15, 0.2) is 0 Å². The third kappa shape index (κ3) is 3.21. The number of para-hydroxylation sites is 1. The van der Waals surface area contributed by atoms with Gasteiger partial charge in [-0.2, -0.15) is 0 Å². The molecule has 25 heavy (non-hydrogen) atoms. The summed E-state index contributed by atoms with van der Waals surface area (Å²) in [4.78, 5) is 21.6. The molecule has 0 radical (unpaired) electrons. The van der Waals surface area contributed by atoms with Crippen LogP contribution in [0.15, 0.2) is 35.6 Å². The Morgan fingerprint density at radius 3 is 2.72 bits per heavy atom. The highest BCUT2D eigenvalue weighted by Gasteiger charge is 2.19. The van der Waals surface area contributed by atoms with Gasteiger partial charge < -0.3 is 4.98 Å². The molecule has 0 saturated heterocycles. The highest BCUT2D eigenvalue weighted by atomic mass is 32.1. The molecule has 3 rings (SSSR count). The SMILES string of the molecule is C=CCCc1sc(-c2cccc3c2[nH]c(=O)n3C(C)C)nc1C(C)C. The van der Waals surface area contributed by atoms with Crippen molar-refractivity contribution in [3.05, 3.63) is 51.9 Å². The van der Waals surface area contributed by atoms with E-state index in [4.69, 9.17) is 4.98 Å². The fraction of sp³-hybridized carbons (Fsp3) is 0.400. The van der Waals surface area contributed by atoms with E-state index in [2.05, 4.69) is 25.4 Å². The van der Waals surface area contributed by atoms with Crippen molar-refractivity contribution in [1.29, 1.82) is 0 Å². The van der Waals surface area contributed by atoms with Crippen molar-refractivity contribution in [3.8, 4) is 10.6 Å². The summed E-state index contributed by atoms with van der Waals surface area (Å²) in [6.07, 6.45) is 3.87. The Kier molecular flexibility index (Phi) is 4.95. The van der Waals surface area contributed by atoms with Crippen LogP contribution in [-0.2, 0) is 6.42 Å². The Balaban J connectivity index is 2.18. The molecule has 4 nitrogen and oxygen atoms in total. The molecule has 0 aliphatic rings. The van der Waals surface area contributed by atoms with Gasteiger partial charge in [-0.15, -0.1) is 17.9 Å². The van der Waals surface area contributed by atoms with Gasteiger partial charge in [0.1, 0.15) is 5.01 Å². The molecule has 0 amide bonds. The highest BCUT2D eigenvalue weighted by Crippen LogP contribution is 2.35. The number of fused-ring (bicyclic) bond motifs is 1. The third-order valence-corrected chi connectivity index (χ3v) is 5.51. The van der Waals surface area contributed by atoms with Gasteiger partial charge in [0.05, 0.1) is 16.7 Å². The van der Waals surface area contributed by atoms with Crippen LogP contribution in [0.5, 0.6) is 0 Å². The van der Waals surface area contributed by atoms with Crippen molar-refractivity contribution in [2.75, 3.05) is 0 Å². The second kappa shape index (κ2) is 7.00. The molecular formula is C20H25N3OS. The van der Waals surface area contributed by atoms with Crippen LogP contribution in [0.1, 0.15) is 56.6 Å². The molecule has 0 unspecified atom stereocenters. The average molecular weight is 356 g/mol. The summed E-state index contributed by atoms with van der Waals surface area (Å²) >= 11 is 1.73. The van der Waals surface area contributed by atoms with E-state index in [1.54, 1.807) is 15.9 Å². The first-order valence-corrected chi connectivity index (χ1v) is 9.59. The van der Waals surface area contributed by atoms with Crippen molar-refractivity contribution in [1.82, 2.24) is 14.5 Å². The minimum absolute atomic E-state index is 0.0648. The Bertz CT molecular complexity index is 959. The molecule has 3 aromatic rings. The Labute approximate surface area is 152 Å². The molecule has 0 atom stereocenters. The monoisotopic (exact) mass is 355 g/mol. The maximum atomic E-state index is 12.4. The second-order valence-corrected chi connectivity index (χ2v) is 7.99. The summed E-state index contributed by atoms with van der Waals surface area (Å²) in [5, 5.41) is 0.977. The number of hydrogen-bond donors (Lipinski definition) is 1. The summed E-state index contributed by atoms with van der Waals surface area (Å²) in [6, 6.07) is 6.15. The van der Waals surface area contributed by atoms with Gasteiger partial charge in [0.25, 0.3) is 0 Å². The number of aromatic amines is 1. The number of thiazole rings is 1. The molecule has 1 aromatic carbocycles. The van der Waals surface area contributed by atoms with Gasteiger partial charge in [-0.25, -0.2) is 9.78 Å². The van der Waals surface area contributed by atoms with Crippen LogP contribution in [0.3, 0.4) is 0 Å². The lowest BCUT2D eigenvalue weighted by atomic mass is 10.1. The van der Waals surface area contributed by atoms with Crippen LogP contribution >= 0.6 is 11.3 Å². The number of imidazole rings is 1. The number of nitrogens with zero attached hydrogens (tertiary/aromatic N) is 2. The molecule has 0 saturated carbocycles. The number of aryl methyl sites for hydroxylation is 1. The Morgan fingerprint density at radius 1 is 1.32 bits per heavy atom. The zero-order valence-electron chi connectivity index (χ0n) is 15.3. The number of aromatic nitrogens is 3. The maximum Gasteiger partial charge on any atom is 0.326 e. The zero-order chi connectivity index (χ0) is 18.1. The fourth-order valence-corrected chi connectivity index (χ4v) is 4.45. The number of benzene rings is 1. The van der Waals surface area contributed by atoms with Crippen molar-refractivity contribution >= 4 is 22.4 Å². The zero-order valence-corrected chi connectivity index (χ0v) is 16.1. The predicted molar refractivity (Wildman–Crippen MR) is 107 cm³/mol. The van der Waals surface area contributed by atoms with Crippen LogP contribution < -0.4 is 5.69 Å². The minimum atomic E-state index is -0.0648. The van der Waals surface area contributed by atoms with E-state index < -0.39 is 0 Å². The molecule has 0 aliphatic heterocycles. The van der Waals surface area contributed by atoms with Crippen molar-refractivity contribution in [2.45, 2.75) is 52.5 Å². The van der Waals surface area contributed by atoms with Gasteiger partial charge in [-0.05, 0) is 44.7 Å². The fourth-order valence-electron chi connectivity index (χ4n) is 3.18. The first-order valence-electron chi connectivity index (χ1n) is 8.78. The highest BCUT2D eigenvalue weighted by molar-refractivity contribution is 7.15. The van der Waals surface area contributed by atoms with Crippen LogP contribution in [0.2, 0.25) is 0 Å². The summed E-state index contributed by atoms with van der Waals surface area (Å²) < 4.78 is 1.80. The summed E-state index contributed by atoms with van der Waals surface area (Å²) in [6.45, 7) is 12.2. The molecule has 2 aromatic heterocycles. The van der Waals surface area contributed by atoms with Crippen LogP contribution in [-0.4, -0.2) is 14.5 Å². The van der Waals surface area contributed by atoms with E-state index in [0.717, 1.165) is 40.1 Å². The van der Waals surface area contributed by atoms with Gasteiger partial charge in [-0.1, -0.05) is 26.0 Å². The molecule has 132 valence electrons. The van der Waals surface area contributed by atoms with E-state index >= 15 is 0 Å². The smallest absolute Gasteiger partial charge is 0.305 e. The van der Waals surface area contributed by atoms with E-state index in [-0.39, 0.29) is 11.7 Å². The predicted octanol–water partition coefficient (Wildman–Crippen LogP) is 5.28. The summed E-state index contributed by atoms with van der Waals surface area (Å²) in [7, 11) is 0. The number of nitrogens with one attached hydrogen (secondary N) is 1. The van der Waals surface area contributed by atoms with E-state index in [0.29, 0.717) is 5.92 Å². The first kappa shape index (κ1) is 17.7. The Hall–Kier alpha value is -2.14. The molecule has 0 spiro atoms. The van der Waals surface area contributed by atoms with Crippen LogP contribution in [0.4, 0.5) is 0 Å². The van der Waals surface area contributed by atoms with Crippen molar-refractivity contribution < 1.29 is 0 Å². The van der Waals surface area contributed by atoms with Crippen molar-refractivity contribution in [3.63, 3.8) is 0 Å². The van der Waals surface area contributed by atoms with Crippen molar-refractivity contribution in [2.24, 2.45) is 0 Å². The molecule has 0 fully saturated rings. The average Bonchev–Trinajstić information content (AvgIpc) is 3.12. The van der Waals surface area contributed by atoms with E-state index in [1.807, 2.05) is 38.1 Å². The number of H-pyrrole nitrogens is 1. The van der Waals surface area contributed by atoms with Gasteiger partial charge in [0, 0.05) is 16.5 Å². The van der Waals surface area contributed by atoms with Crippen LogP contribution in [0.25, 0.3) is 21.6 Å². The number of allylic oxidation sites excluding steroid dienone is 1. The maximum absolute atomic E-state index is 12.4. The molecule has 0 aliphatic carbocycles. The number of hydrogen-bond acceptors (Lipinski definition) is 3. The normalized spacial score (nSPS) is 11.8. The quantitative estimate of drug-likeness (QED) is 0.612. The first-order chi connectivity index (χ1) is 11.9. The van der Waals surface area contributed by atoms with Gasteiger partial charge in [0.2, 0.25) is 0 Å². The number of rotatable bonds is 6. The van der Waals surface area contributed by atoms with Gasteiger partial charge in [-0.3, -0.25) is 4.57 Å².